The number of rotatable bonds is 0. The van der Waals surface area contributed by atoms with Gasteiger partial charge in [-0.05, 0) is 13.3 Å². The first-order valence-electron chi connectivity index (χ1n) is 4.45. The number of nitrogens with one attached hydrogen (secondary N) is 1. The van der Waals surface area contributed by atoms with Crippen molar-refractivity contribution in [2.75, 3.05) is 13.1 Å². The van der Waals surface area contributed by atoms with Crippen molar-refractivity contribution in [3.05, 3.63) is 0 Å². The molecule has 0 unspecified atom stereocenters. The monoisotopic (exact) mass is 208 g/mol. The second-order valence-electron chi connectivity index (χ2n) is 4.19. The normalized spacial score (nSPS) is 36.6. The predicted molar refractivity (Wildman–Crippen MR) is 42.6 cm³/mol. The van der Waals surface area contributed by atoms with Gasteiger partial charge in [-0.25, -0.2) is 0 Å². The lowest BCUT2D eigenvalue weighted by Crippen LogP contribution is -2.56. The lowest BCUT2D eigenvalue weighted by molar-refractivity contribution is -0.189. The van der Waals surface area contributed by atoms with Gasteiger partial charge < -0.3 is 10.2 Å². The molecule has 0 aromatic heterocycles. The number of carbonyl (C=O) groups is 1. The highest BCUT2D eigenvalue weighted by Gasteiger charge is 2.55. The van der Waals surface area contributed by atoms with Crippen molar-refractivity contribution in [3.8, 4) is 0 Å². The molecule has 2 bridgehead atoms. The number of piperazine rings is 1. The fourth-order valence-electron chi connectivity index (χ4n) is 2.30. The summed E-state index contributed by atoms with van der Waals surface area (Å²) in [5.41, 5.74) is -0.642. The van der Waals surface area contributed by atoms with Gasteiger partial charge in [0.15, 0.2) is 0 Å². The molecule has 6 heteroatoms. The van der Waals surface area contributed by atoms with Crippen LogP contribution in [0.15, 0.2) is 0 Å². The summed E-state index contributed by atoms with van der Waals surface area (Å²) in [5, 5.41) is 3.07. The molecule has 0 aliphatic carbocycles. The van der Waals surface area contributed by atoms with Gasteiger partial charge in [0.2, 0.25) is 0 Å². The molecule has 0 saturated carbocycles. The molecule has 2 aliphatic rings. The van der Waals surface area contributed by atoms with E-state index in [1.165, 1.54) is 0 Å². The first-order valence-corrected chi connectivity index (χ1v) is 4.45. The van der Waals surface area contributed by atoms with Gasteiger partial charge in [-0.15, -0.1) is 0 Å². The van der Waals surface area contributed by atoms with Gasteiger partial charge in [0.1, 0.15) is 0 Å². The Hall–Kier alpha value is -0.780. The molecule has 2 fully saturated rings. The van der Waals surface area contributed by atoms with Crippen LogP contribution in [0.1, 0.15) is 13.3 Å². The van der Waals surface area contributed by atoms with Crippen molar-refractivity contribution in [2.45, 2.75) is 31.1 Å². The molecule has 2 rings (SSSR count). The predicted octanol–water partition coefficient (Wildman–Crippen LogP) is 0.512. The third-order valence-corrected chi connectivity index (χ3v) is 3.00. The Morgan fingerprint density at radius 2 is 2.21 bits per heavy atom. The number of hydrogen-bond acceptors (Lipinski definition) is 2. The highest BCUT2D eigenvalue weighted by molar-refractivity contribution is 5.83. The molecule has 3 nitrogen and oxygen atoms in total. The first kappa shape index (κ1) is 9.76. The summed E-state index contributed by atoms with van der Waals surface area (Å²) in [6.07, 6.45) is -4.12. The van der Waals surface area contributed by atoms with Crippen LogP contribution >= 0.6 is 0 Å². The Labute approximate surface area is 79.3 Å². The van der Waals surface area contributed by atoms with Gasteiger partial charge in [-0.1, -0.05) is 0 Å². The topological polar surface area (TPSA) is 32.3 Å². The second-order valence-corrected chi connectivity index (χ2v) is 4.19. The Morgan fingerprint density at radius 3 is 2.57 bits per heavy atom. The van der Waals surface area contributed by atoms with Crippen LogP contribution in [-0.4, -0.2) is 41.7 Å². The van der Waals surface area contributed by atoms with Gasteiger partial charge in [0.05, 0.1) is 5.54 Å². The molecular weight excluding hydrogens is 197 g/mol. The Bertz CT molecular complexity index is 278. The Kier molecular flexibility index (Phi) is 1.83. The van der Waals surface area contributed by atoms with Crippen LogP contribution in [0.3, 0.4) is 0 Å². The van der Waals surface area contributed by atoms with Crippen molar-refractivity contribution in [2.24, 2.45) is 0 Å². The largest absolute Gasteiger partial charge is 0.471 e. The van der Waals surface area contributed by atoms with E-state index in [0.29, 0.717) is 13.0 Å². The fourth-order valence-corrected chi connectivity index (χ4v) is 2.30. The first-order chi connectivity index (χ1) is 6.33. The molecule has 80 valence electrons. The number of alkyl halides is 3. The Balaban J connectivity index is 2.18. The molecule has 0 radical (unpaired) electrons. The minimum Gasteiger partial charge on any atom is -0.327 e. The molecule has 2 heterocycles. The summed E-state index contributed by atoms with van der Waals surface area (Å²) < 4.78 is 36.6. The van der Waals surface area contributed by atoms with E-state index in [9.17, 15) is 18.0 Å². The average molecular weight is 208 g/mol. The molecular formula is C8H11F3N2O. The smallest absolute Gasteiger partial charge is 0.327 e. The van der Waals surface area contributed by atoms with Crippen LogP contribution in [0.2, 0.25) is 0 Å². The van der Waals surface area contributed by atoms with E-state index < -0.39 is 17.6 Å². The van der Waals surface area contributed by atoms with Crippen LogP contribution in [0, 0.1) is 0 Å². The van der Waals surface area contributed by atoms with E-state index >= 15 is 0 Å². The Morgan fingerprint density at radius 1 is 1.57 bits per heavy atom. The van der Waals surface area contributed by atoms with Crippen LogP contribution in [-0.2, 0) is 4.79 Å². The summed E-state index contributed by atoms with van der Waals surface area (Å²) in [7, 11) is 0. The van der Waals surface area contributed by atoms with E-state index in [1.54, 1.807) is 6.92 Å². The van der Waals surface area contributed by atoms with Crippen LogP contribution in [0.25, 0.3) is 0 Å². The number of likely N-dealkylation sites (tertiary alicyclic amines) is 1. The van der Waals surface area contributed by atoms with E-state index in [1.807, 2.05) is 0 Å². The number of halogens is 3. The van der Waals surface area contributed by atoms with Crippen molar-refractivity contribution in [1.29, 1.82) is 0 Å². The zero-order chi connectivity index (χ0) is 10.6. The molecule has 0 aromatic carbocycles. The molecule has 0 aromatic rings. The van der Waals surface area contributed by atoms with Gasteiger partial charge in [0.25, 0.3) is 0 Å². The van der Waals surface area contributed by atoms with E-state index in [4.69, 9.17) is 0 Å². The zero-order valence-electron chi connectivity index (χ0n) is 7.69. The van der Waals surface area contributed by atoms with E-state index in [0.717, 1.165) is 4.90 Å². The molecule has 1 N–H and O–H groups in total. The fraction of sp³-hybridized carbons (Fsp3) is 0.875. The molecule has 1 amide bonds. The third-order valence-electron chi connectivity index (χ3n) is 3.00. The van der Waals surface area contributed by atoms with Gasteiger partial charge >= 0.3 is 12.1 Å². The minimum absolute atomic E-state index is 0.0336. The SMILES string of the molecule is C[C@@]12CN[C@@H](CN1C(=O)C(F)(F)F)C2. The van der Waals surface area contributed by atoms with Crippen molar-refractivity contribution in [1.82, 2.24) is 10.2 Å². The maximum atomic E-state index is 12.2. The summed E-state index contributed by atoms with van der Waals surface area (Å²) >= 11 is 0. The van der Waals surface area contributed by atoms with Gasteiger partial charge in [-0.3, -0.25) is 4.79 Å². The summed E-state index contributed by atoms with van der Waals surface area (Å²) in [4.78, 5) is 12.0. The van der Waals surface area contributed by atoms with Crippen molar-refractivity contribution in [3.63, 3.8) is 0 Å². The molecule has 0 spiro atoms. The molecule has 2 atom stereocenters. The zero-order valence-corrected chi connectivity index (χ0v) is 7.69. The standard InChI is InChI=1S/C8H11F3N2O/c1-7-2-5(12-4-7)3-13(7)6(14)8(9,10)11/h5,12H,2-4H2,1H3/t5-,7-/m1/s1. The van der Waals surface area contributed by atoms with Gasteiger partial charge in [0, 0.05) is 19.1 Å². The van der Waals surface area contributed by atoms with Crippen LogP contribution in [0.5, 0.6) is 0 Å². The summed E-state index contributed by atoms with van der Waals surface area (Å²) in [5.74, 6) is -1.70. The molecule has 14 heavy (non-hydrogen) atoms. The second kappa shape index (κ2) is 2.62. The highest BCUT2D eigenvalue weighted by Crippen LogP contribution is 2.36. The number of fused-ring (bicyclic) bond motifs is 2. The summed E-state index contributed by atoms with van der Waals surface area (Å²) in [6, 6.07) is 0.0336. The number of nitrogens with zero attached hydrogens (tertiary/aromatic N) is 1. The van der Waals surface area contributed by atoms with Crippen molar-refractivity contribution >= 4 is 5.91 Å². The molecule has 2 aliphatic heterocycles. The van der Waals surface area contributed by atoms with E-state index in [-0.39, 0.29) is 12.6 Å². The average Bonchev–Trinajstić information content (AvgIpc) is 2.55. The molecule has 2 saturated heterocycles. The maximum absolute atomic E-state index is 12.2. The number of carbonyl (C=O) groups excluding carboxylic acids is 1. The minimum atomic E-state index is -4.74. The number of amides is 1. The van der Waals surface area contributed by atoms with Crippen LogP contribution in [0.4, 0.5) is 13.2 Å². The third kappa shape index (κ3) is 1.28. The maximum Gasteiger partial charge on any atom is 0.471 e. The van der Waals surface area contributed by atoms with Gasteiger partial charge in [-0.2, -0.15) is 13.2 Å². The number of hydrogen-bond donors (Lipinski definition) is 1. The summed E-state index contributed by atoms with van der Waals surface area (Å²) in [6.45, 7) is 2.32. The van der Waals surface area contributed by atoms with E-state index in [2.05, 4.69) is 5.32 Å². The quantitative estimate of drug-likeness (QED) is 0.629. The lowest BCUT2D eigenvalue weighted by atomic mass is 10.0. The highest BCUT2D eigenvalue weighted by atomic mass is 19.4. The van der Waals surface area contributed by atoms with Crippen LogP contribution < -0.4 is 5.32 Å². The van der Waals surface area contributed by atoms with Crippen molar-refractivity contribution < 1.29 is 18.0 Å². The lowest BCUT2D eigenvalue weighted by Gasteiger charge is -2.36.